The van der Waals surface area contributed by atoms with Crippen molar-refractivity contribution in [1.82, 2.24) is 4.90 Å². The molecule has 0 radical (unpaired) electrons. The molecule has 0 heterocycles. The first-order valence-corrected chi connectivity index (χ1v) is 6.86. The molecule has 0 atom stereocenters. The number of ether oxygens (including phenoxy) is 1. The Morgan fingerprint density at radius 1 is 1.41 bits per heavy atom. The third kappa shape index (κ3) is 5.04. The van der Waals surface area contributed by atoms with Gasteiger partial charge in [-0.05, 0) is 32.2 Å². The maximum absolute atomic E-state index is 12.1. The van der Waals surface area contributed by atoms with Crippen molar-refractivity contribution in [3.05, 3.63) is 0 Å². The molecule has 1 saturated carbocycles. The fraction of sp³-hybridized carbons (Fsp3) is 0.923. The highest BCUT2D eigenvalue weighted by Gasteiger charge is 2.25. The van der Waals surface area contributed by atoms with Crippen LogP contribution in [0.1, 0.15) is 45.4 Å². The van der Waals surface area contributed by atoms with Gasteiger partial charge in [0, 0.05) is 19.2 Å². The summed E-state index contributed by atoms with van der Waals surface area (Å²) in [5.74, 6) is 0.138. The van der Waals surface area contributed by atoms with Gasteiger partial charge in [0.2, 0.25) is 5.91 Å². The molecule has 2 N–H and O–H groups in total. The Hall–Kier alpha value is -0.610. The summed E-state index contributed by atoms with van der Waals surface area (Å²) in [7, 11) is 0. The summed E-state index contributed by atoms with van der Waals surface area (Å²) in [6.07, 6.45) is 6.61. The van der Waals surface area contributed by atoms with Crippen LogP contribution in [0.25, 0.3) is 0 Å². The van der Waals surface area contributed by atoms with Gasteiger partial charge >= 0.3 is 0 Å². The largest absolute Gasteiger partial charge is 0.372 e. The maximum Gasteiger partial charge on any atom is 0.248 e. The van der Waals surface area contributed by atoms with Crippen molar-refractivity contribution in [2.24, 2.45) is 5.73 Å². The minimum absolute atomic E-state index is 0.138. The van der Waals surface area contributed by atoms with Gasteiger partial charge in [0.1, 0.15) is 6.61 Å². The Balaban J connectivity index is 2.39. The molecule has 0 saturated heterocycles. The molecular weight excluding hydrogens is 216 g/mol. The van der Waals surface area contributed by atoms with E-state index in [-0.39, 0.29) is 12.5 Å². The molecule has 4 heteroatoms. The summed E-state index contributed by atoms with van der Waals surface area (Å²) >= 11 is 0. The van der Waals surface area contributed by atoms with Crippen LogP contribution in [0.15, 0.2) is 0 Å². The average Bonchev–Trinajstić information content (AvgIpc) is 2.83. The molecule has 0 unspecified atom stereocenters. The van der Waals surface area contributed by atoms with Crippen molar-refractivity contribution in [3.63, 3.8) is 0 Å². The van der Waals surface area contributed by atoms with Crippen LogP contribution in [0.5, 0.6) is 0 Å². The second-order valence-electron chi connectivity index (χ2n) is 4.72. The third-order valence-corrected chi connectivity index (χ3v) is 3.26. The van der Waals surface area contributed by atoms with Crippen LogP contribution in [-0.4, -0.2) is 43.2 Å². The van der Waals surface area contributed by atoms with Crippen molar-refractivity contribution in [3.8, 4) is 0 Å². The molecule has 17 heavy (non-hydrogen) atoms. The van der Waals surface area contributed by atoms with E-state index >= 15 is 0 Å². The summed E-state index contributed by atoms with van der Waals surface area (Å²) in [5, 5.41) is 0. The van der Waals surface area contributed by atoms with Gasteiger partial charge in [-0.25, -0.2) is 0 Å². The highest BCUT2D eigenvalue weighted by Crippen LogP contribution is 2.23. The summed E-state index contributed by atoms with van der Waals surface area (Å²) in [6, 6.07) is 0.430. The fourth-order valence-corrected chi connectivity index (χ4v) is 2.38. The fourth-order valence-electron chi connectivity index (χ4n) is 2.38. The molecule has 1 amide bonds. The van der Waals surface area contributed by atoms with E-state index in [4.69, 9.17) is 10.5 Å². The van der Waals surface area contributed by atoms with E-state index in [1.165, 1.54) is 12.8 Å². The molecule has 0 aromatic heterocycles. The zero-order chi connectivity index (χ0) is 12.5. The van der Waals surface area contributed by atoms with Gasteiger partial charge in [-0.1, -0.05) is 19.8 Å². The smallest absolute Gasteiger partial charge is 0.248 e. The Labute approximate surface area is 104 Å². The van der Waals surface area contributed by atoms with Gasteiger partial charge in [0.15, 0.2) is 0 Å². The maximum atomic E-state index is 12.1. The van der Waals surface area contributed by atoms with E-state index in [0.29, 0.717) is 19.2 Å². The second kappa shape index (κ2) is 8.48. The predicted octanol–water partition coefficient (Wildman–Crippen LogP) is 1.53. The topological polar surface area (TPSA) is 55.6 Å². The molecule has 0 spiro atoms. The first-order chi connectivity index (χ1) is 8.29. The van der Waals surface area contributed by atoms with Crippen molar-refractivity contribution >= 4 is 5.91 Å². The van der Waals surface area contributed by atoms with Gasteiger partial charge in [0.05, 0.1) is 0 Å². The van der Waals surface area contributed by atoms with Crippen LogP contribution >= 0.6 is 0 Å². The van der Waals surface area contributed by atoms with Crippen molar-refractivity contribution in [1.29, 1.82) is 0 Å². The highest BCUT2D eigenvalue weighted by atomic mass is 16.5. The first kappa shape index (κ1) is 14.5. The van der Waals surface area contributed by atoms with E-state index < -0.39 is 0 Å². The standard InChI is InChI=1S/C13H26N2O2/c1-2-10-17-11-13(16)15(9-5-8-14)12-6-3-4-7-12/h12H,2-11,14H2,1H3. The molecule has 0 bridgehead atoms. The van der Waals surface area contributed by atoms with Crippen LogP contribution in [0.3, 0.4) is 0 Å². The summed E-state index contributed by atoms with van der Waals surface area (Å²) in [4.78, 5) is 14.1. The van der Waals surface area contributed by atoms with Crippen molar-refractivity contribution < 1.29 is 9.53 Å². The lowest BCUT2D eigenvalue weighted by Crippen LogP contribution is -2.42. The molecule has 0 aromatic carbocycles. The third-order valence-electron chi connectivity index (χ3n) is 3.26. The average molecular weight is 242 g/mol. The Morgan fingerprint density at radius 3 is 2.71 bits per heavy atom. The number of hydrogen-bond donors (Lipinski definition) is 1. The molecule has 1 fully saturated rings. The van der Waals surface area contributed by atoms with E-state index in [9.17, 15) is 4.79 Å². The molecule has 1 aliphatic rings. The molecule has 0 aliphatic heterocycles. The minimum Gasteiger partial charge on any atom is -0.372 e. The Kier molecular flexibility index (Phi) is 7.21. The van der Waals surface area contributed by atoms with Crippen LogP contribution in [0.2, 0.25) is 0 Å². The van der Waals surface area contributed by atoms with Crippen molar-refractivity contribution in [2.75, 3.05) is 26.3 Å². The molecule has 0 aromatic rings. The van der Waals surface area contributed by atoms with Gasteiger partial charge in [-0.15, -0.1) is 0 Å². The molecule has 4 nitrogen and oxygen atoms in total. The normalized spacial score (nSPS) is 16.4. The van der Waals surface area contributed by atoms with E-state index in [0.717, 1.165) is 32.2 Å². The summed E-state index contributed by atoms with van der Waals surface area (Å²) in [6.45, 7) is 4.38. The molecular formula is C13H26N2O2. The van der Waals surface area contributed by atoms with E-state index in [1.54, 1.807) is 0 Å². The van der Waals surface area contributed by atoms with Crippen LogP contribution in [-0.2, 0) is 9.53 Å². The molecule has 1 aliphatic carbocycles. The summed E-state index contributed by atoms with van der Waals surface area (Å²) in [5.41, 5.74) is 5.53. The minimum atomic E-state index is 0.138. The Bertz CT molecular complexity index is 215. The highest BCUT2D eigenvalue weighted by molar-refractivity contribution is 5.77. The predicted molar refractivity (Wildman–Crippen MR) is 68.8 cm³/mol. The van der Waals surface area contributed by atoms with Gasteiger partial charge < -0.3 is 15.4 Å². The van der Waals surface area contributed by atoms with Crippen molar-refractivity contribution in [2.45, 2.75) is 51.5 Å². The number of nitrogens with two attached hydrogens (primary N) is 1. The number of carbonyl (C=O) groups is 1. The lowest BCUT2D eigenvalue weighted by molar-refractivity contribution is -0.138. The van der Waals surface area contributed by atoms with Gasteiger partial charge in [0.25, 0.3) is 0 Å². The Morgan fingerprint density at radius 2 is 2.12 bits per heavy atom. The lowest BCUT2D eigenvalue weighted by atomic mass is 10.2. The van der Waals surface area contributed by atoms with E-state index in [2.05, 4.69) is 0 Å². The zero-order valence-corrected chi connectivity index (χ0v) is 11.0. The summed E-state index contributed by atoms with van der Waals surface area (Å²) < 4.78 is 5.34. The number of hydrogen-bond acceptors (Lipinski definition) is 3. The number of rotatable bonds is 8. The molecule has 100 valence electrons. The van der Waals surface area contributed by atoms with Gasteiger partial charge in [-0.2, -0.15) is 0 Å². The number of nitrogens with zero attached hydrogens (tertiary/aromatic N) is 1. The van der Waals surface area contributed by atoms with E-state index in [1.807, 2.05) is 11.8 Å². The van der Waals surface area contributed by atoms with Crippen LogP contribution in [0.4, 0.5) is 0 Å². The SMILES string of the molecule is CCCOCC(=O)N(CCCN)C1CCCC1. The lowest BCUT2D eigenvalue weighted by Gasteiger charge is -2.29. The first-order valence-electron chi connectivity index (χ1n) is 6.86. The van der Waals surface area contributed by atoms with Crippen LogP contribution in [0, 0.1) is 0 Å². The van der Waals surface area contributed by atoms with Gasteiger partial charge in [-0.3, -0.25) is 4.79 Å². The number of amides is 1. The zero-order valence-electron chi connectivity index (χ0n) is 11.0. The van der Waals surface area contributed by atoms with Crippen LogP contribution < -0.4 is 5.73 Å². The second-order valence-corrected chi connectivity index (χ2v) is 4.72. The quantitative estimate of drug-likeness (QED) is 0.657. The number of carbonyl (C=O) groups excluding carboxylic acids is 1. The monoisotopic (exact) mass is 242 g/mol. The molecule has 1 rings (SSSR count).